The Morgan fingerprint density at radius 3 is 2.83 bits per heavy atom. The van der Waals surface area contributed by atoms with Gasteiger partial charge in [-0.15, -0.1) is 0 Å². The summed E-state index contributed by atoms with van der Waals surface area (Å²) in [5, 5.41) is 2.73. The fraction of sp³-hybridized carbons (Fsp3) is 0.231. The monoisotopic (exact) mass is 262 g/mol. The highest BCUT2D eigenvalue weighted by Crippen LogP contribution is 2.17. The second-order valence-electron chi connectivity index (χ2n) is 3.76. The smallest absolute Gasteiger partial charge is 0.226 e. The van der Waals surface area contributed by atoms with Gasteiger partial charge in [-0.1, -0.05) is 18.2 Å². The third-order valence-corrected chi connectivity index (χ3v) is 2.57. The predicted molar refractivity (Wildman–Crippen MR) is 72.5 cm³/mol. The van der Waals surface area contributed by atoms with Crippen LogP contribution in [0.25, 0.3) is 11.5 Å². The molecule has 4 nitrogen and oxygen atoms in total. The van der Waals surface area contributed by atoms with Gasteiger partial charge < -0.3 is 9.73 Å². The molecule has 1 aromatic heterocycles. The molecule has 0 atom stereocenters. The van der Waals surface area contributed by atoms with Gasteiger partial charge in [-0.2, -0.15) is 12.6 Å². The molecule has 0 radical (unpaired) electrons. The first-order valence-electron chi connectivity index (χ1n) is 5.67. The molecule has 1 heterocycles. The van der Waals surface area contributed by atoms with Gasteiger partial charge in [0.05, 0.1) is 12.1 Å². The Balaban J connectivity index is 2.00. The fourth-order valence-electron chi connectivity index (χ4n) is 1.52. The molecule has 0 aliphatic heterocycles. The van der Waals surface area contributed by atoms with Crippen LogP contribution in [0, 0.1) is 0 Å². The Bertz CT molecular complexity index is 511. The molecule has 0 aliphatic rings. The number of carbonyl (C=O) groups is 1. The lowest BCUT2D eigenvalue weighted by Gasteiger charge is -1.99. The summed E-state index contributed by atoms with van der Waals surface area (Å²) >= 11 is 4.02. The zero-order valence-corrected chi connectivity index (χ0v) is 10.7. The number of hydrogen-bond donors (Lipinski definition) is 2. The molecule has 94 valence electrons. The molecule has 0 bridgehead atoms. The van der Waals surface area contributed by atoms with Crippen LogP contribution < -0.4 is 5.32 Å². The number of carbonyl (C=O) groups excluding carboxylic acids is 1. The Morgan fingerprint density at radius 1 is 1.33 bits per heavy atom. The van der Waals surface area contributed by atoms with E-state index in [0.717, 1.165) is 5.56 Å². The fourth-order valence-corrected chi connectivity index (χ4v) is 1.64. The van der Waals surface area contributed by atoms with Crippen molar-refractivity contribution >= 4 is 18.5 Å². The van der Waals surface area contributed by atoms with Crippen LogP contribution in [0.2, 0.25) is 0 Å². The number of hydrogen-bond acceptors (Lipinski definition) is 4. The lowest BCUT2D eigenvalue weighted by molar-refractivity contribution is -0.120. The normalized spacial score (nSPS) is 10.3. The van der Waals surface area contributed by atoms with E-state index in [4.69, 9.17) is 4.42 Å². The summed E-state index contributed by atoms with van der Waals surface area (Å²) in [5.74, 6) is 1.09. The van der Waals surface area contributed by atoms with Gasteiger partial charge in [0.25, 0.3) is 0 Å². The molecule has 0 spiro atoms. The first-order valence-corrected chi connectivity index (χ1v) is 6.30. The van der Waals surface area contributed by atoms with Crippen molar-refractivity contribution in [3.05, 3.63) is 42.3 Å². The number of oxazole rings is 1. The number of aromatic nitrogens is 1. The highest BCUT2D eigenvalue weighted by molar-refractivity contribution is 7.80. The van der Waals surface area contributed by atoms with E-state index < -0.39 is 0 Å². The lowest BCUT2D eigenvalue weighted by Crippen LogP contribution is -2.26. The maximum atomic E-state index is 11.5. The van der Waals surface area contributed by atoms with Gasteiger partial charge in [0, 0.05) is 17.9 Å². The molecule has 0 aliphatic carbocycles. The van der Waals surface area contributed by atoms with Gasteiger partial charge in [-0.25, -0.2) is 4.98 Å². The number of nitrogens with zero attached hydrogens (tertiary/aromatic N) is 1. The van der Waals surface area contributed by atoms with E-state index in [0.29, 0.717) is 23.9 Å². The van der Waals surface area contributed by atoms with E-state index in [1.54, 1.807) is 0 Å². The van der Waals surface area contributed by atoms with E-state index in [1.165, 1.54) is 6.26 Å². The number of rotatable bonds is 5. The standard InChI is InChI=1S/C13H14N2O2S/c16-12(14-6-7-18)8-11-9-17-13(15-11)10-4-2-1-3-5-10/h1-5,9,18H,6-8H2,(H,14,16). The Hall–Kier alpha value is -1.75. The summed E-state index contributed by atoms with van der Waals surface area (Å²) in [4.78, 5) is 15.8. The molecule has 0 unspecified atom stereocenters. The molecule has 2 aromatic rings. The van der Waals surface area contributed by atoms with Crippen LogP contribution in [0.4, 0.5) is 0 Å². The number of thiol groups is 1. The zero-order chi connectivity index (χ0) is 12.8. The molecule has 1 N–H and O–H groups in total. The van der Waals surface area contributed by atoms with Crippen LogP contribution in [0.15, 0.2) is 41.0 Å². The average Bonchev–Trinajstić information content (AvgIpc) is 2.86. The van der Waals surface area contributed by atoms with Crippen LogP contribution in [-0.2, 0) is 11.2 Å². The summed E-state index contributed by atoms with van der Waals surface area (Å²) in [6.45, 7) is 0.561. The first kappa shape index (κ1) is 12.7. The average molecular weight is 262 g/mol. The summed E-state index contributed by atoms with van der Waals surface area (Å²) in [6.07, 6.45) is 1.74. The second kappa shape index (κ2) is 6.26. The van der Waals surface area contributed by atoms with E-state index in [2.05, 4.69) is 22.9 Å². The highest BCUT2D eigenvalue weighted by atomic mass is 32.1. The van der Waals surface area contributed by atoms with Crippen LogP contribution in [0.1, 0.15) is 5.69 Å². The molecular weight excluding hydrogens is 248 g/mol. The van der Waals surface area contributed by atoms with Gasteiger partial charge in [0.2, 0.25) is 11.8 Å². The largest absolute Gasteiger partial charge is 0.444 e. The van der Waals surface area contributed by atoms with Crippen molar-refractivity contribution in [2.75, 3.05) is 12.3 Å². The van der Waals surface area contributed by atoms with E-state index in [9.17, 15) is 4.79 Å². The maximum absolute atomic E-state index is 11.5. The van der Waals surface area contributed by atoms with Crippen molar-refractivity contribution < 1.29 is 9.21 Å². The second-order valence-corrected chi connectivity index (χ2v) is 4.21. The molecule has 0 saturated heterocycles. The van der Waals surface area contributed by atoms with Gasteiger partial charge in [-0.3, -0.25) is 4.79 Å². The molecular formula is C13H14N2O2S. The Kier molecular flexibility index (Phi) is 4.41. The number of nitrogens with one attached hydrogen (secondary N) is 1. The third kappa shape index (κ3) is 3.37. The predicted octanol–water partition coefficient (Wildman–Crippen LogP) is 1.93. The minimum Gasteiger partial charge on any atom is -0.444 e. The number of benzene rings is 1. The topological polar surface area (TPSA) is 55.1 Å². The molecule has 0 fully saturated rings. The van der Waals surface area contributed by atoms with Crippen molar-refractivity contribution in [2.45, 2.75) is 6.42 Å². The molecule has 18 heavy (non-hydrogen) atoms. The molecule has 1 aromatic carbocycles. The summed E-state index contributed by atoms with van der Waals surface area (Å²) in [7, 11) is 0. The zero-order valence-electron chi connectivity index (χ0n) is 9.80. The van der Waals surface area contributed by atoms with Crippen molar-refractivity contribution in [1.82, 2.24) is 10.3 Å². The quantitative estimate of drug-likeness (QED) is 0.810. The van der Waals surface area contributed by atoms with Crippen molar-refractivity contribution in [1.29, 1.82) is 0 Å². The van der Waals surface area contributed by atoms with Crippen molar-refractivity contribution in [3.8, 4) is 11.5 Å². The minimum atomic E-state index is -0.0723. The molecule has 0 saturated carbocycles. The maximum Gasteiger partial charge on any atom is 0.226 e. The summed E-state index contributed by atoms with van der Waals surface area (Å²) in [5.41, 5.74) is 1.53. The Labute approximate surface area is 111 Å². The van der Waals surface area contributed by atoms with Gasteiger partial charge in [0.15, 0.2) is 0 Å². The van der Waals surface area contributed by atoms with E-state index in [1.807, 2.05) is 30.3 Å². The molecule has 1 amide bonds. The molecule has 5 heteroatoms. The molecule has 2 rings (SSSR count). The van der Waals surface area contributed by atoms with Crippen LogP contribution in [0.5, 0.6) is 0 Å². The third-order valence-electron chi connectivity index (χ3n) is 2.35. The van der Waals surface area contributed by atoms with Gasteiger partial charge >= 0.3 is 0 Å². The van der Waals surface area contributed by atoms with E-state index in [-0.39, 0.29) is 12.3 Å². The van der Waals surface area contributed by atoms with E-state index >= 15 is 0 Å². The SMILES string of the molecule is O=C(Cc1coc(-c2ccccc2)n1)NCCS. The lowest BCUT2D eigenvalue weighted by atomic mass is 10.2. The van der Waals surface area contributed by atoms with Gasteiger partial charge in [0.1, 0.15) is 6.26 Å². The highest BCUT2D eigenvalue weighted by Gasteiger charge is 2.09. The summed E-state index contributed by atoms with van der Waals surface area (Å²) in [6, 6.07) is 9.59. The number of amides is 1. The van der Waals surface area contributed by atoms with Crippen LogP contribution in [0.3, 0.4) is 0 Å². The Morgan fingerprint density at radius 2 is 2.11 bits per heavy atom. The first-order chi connectivity index (χ1) is 8.79. The van der Waals surface area contributed by atoms with Gasteiger partial charge in [-0.05, 0) is 12.1 Å². The summed E-state index contributed by atoms with van der Waals surface area (Å²) < 4.78 is 5.35. The van der Waals surface area contributed by atoms with Crippen molar-refractivity contribution in [3.63, 3.8) is 0 Å². The minimum absolute atomic E-state index is 0.0723. The van der Waals surface area contributed by atoms with Crippen molar-refractivity contribution in [2.24, 2.45) is 0 Å². The van der Waals surface area contributed by atoms with Crippen LogP contribution in [-0.4, -0.2) is 23.2 Å². The van der Waals surface area contributed by atoms with Crippen LogP contribution >= 0.6 is 12.6 Å².